The van der Waals surface area contributed by atoms with Gasteiger partial charge in [0.15, 0.2) is 0 Å². The van der Waals surface area contributed by atoms with Crippen molar-refractivity contribution >= 4 is 0 Å². The normalized spacial score (nSPS) is 12.8. The smallest absolute Gasteiger partial charge is 0.0524 e. The quantitative estimate of drug-likeness (QED) is 0.531. The largest absolute Gasteiger partial charge is 0.276 e. The van der Waals surface area contributed by atoms with Crippen LogP contribution in [0.1, 0.15) is 83.1 Å². The molecule has 0 amide bonds. The maximum absolute atomic E-state index is 4.32. The van der Waals surface area contributed by atoms with E-state index in [4.69, 9.17) is 0 Å². The number of aromatic nitrogens is 2. The third-order valence-electron chi connectivity index (χ3n) is 3.76. The third-order valence-corrected chi connectivity index (χ3v) is 3.76. The molecule has 2 heteroatoms. The SMILES string of the molecule is CCCCCCCC(CCCC)c1cnn(C)c1. The van der Waals surface area contributed by atoms with E-state index in [0.29, 0.717) is 0 Å². The van der Waals surface area contributed by atoms with E-state index >= 15 is 0 Å². The monoisotopic (exact) mass is 250 g/mol. The molecule has 0 bridgehead atoms. The van der Waals surface area contributed by atoms with Gasteiger partial charge in [-0.1, -0.05) is 58.8 Å². The first kappa shape index (κ1) is 15.3. The fourth-order valence-electron chi connectivity index (χ4n) is 2.57. The van der Waals surface area contributed by atoms with Gasteiger partial charge >= 0.3 is 0 Å². The Hall–Kier alpha value is -0.790. The van der Waals surface area contributed by atoms with Crippen LogP contribution in [0, 0.1) is 0 Å². The molecule has 0 spiro atoms. The summed E-state index contributed by atoms with van der Waals surface area (Å²) in [6.07, 6.45) is 16.5. The Labute approximate surface area is 113 Å². The summed E-state index contributed by atoms with van der Waals surface area (Å²) in [4.78, 5) is 0. The van der Waals surface area contributed by atoms with Crippen LogP contribution in [-0.4, -0.2) is 9.78 Å². The first-order valence-corrected chi connectivity index (χ1v) is 7.76. The predicted octanol–water partition coefficient (Wildman–Crippen LogP) is 5.05. The Morgan fingerprint density at radius 3 is 2.28 bits per heavy atom. The van der Waals surface area contributed by atoms with Crippen molar-refractivity contribution in [3.05, 3.63) is 18.0 Å². The minimum absolute atomic E-state index is 0.736. The van der Waals surface area contributed by atoms with Crippen LogP contribution in [0.3, 0.4) is 0 Å². The molecule has 0 fully saturated rings. The van der Waals surface area contributed by atoms with Crippen LogP contribution in [0.5, 0.6) is 0 Å². The Morgan fingerprint density at radius 1 is 1.00 bits per heavy atom. The average molecular weight is 250 g/mol. The highest BCUT2D eigenvalue weighted by atomic mass is 15.2. The third kappa shape index (κ3) is 5.70. The van der Waals surface area contributed by atoms with Gasteiger partial charge in [0.1, 0.15) is 0 Å². The van der Waals surface area contributed by atoms with Crippen molar-refractivity contribution in [3.8, 4) is 0 Å². The van der Waals surface area contributed by atoms with Gasteiger partial charge in [-0.25, -0.2) is 0 Å². The van der Waals surface area contributed by atoms with Crippen molar-refractivity contribution < 1.29 is 0 Å². The van der Waals surface area contributed by atoms with Crippen molar-refractivity contribution in [2.45, 2.75) is 77.6 Å². The van der Waals surface area contributed by atoms with Gasteiger partial charge in [0.2, 0.25) is 0 Å². The molecule has 0 aliphatic carbocycles. The summed E-state index contributed by atoms with van der Waals surface area (Å²) >= 11 is 0. The van der Waals surface area contributed by atoms with E-state index in [1.165, 1.54) is 63.4 Å². The number of hydrogen-bond donors (Lipinski definition) is 0. The number of unbranched alkanes of at least 4 members (excludes halogenated alkanes) is 5. The van der Waals surface area contributed by atoms with Crippen LogP contribution in [0.15, 0.2) is 12.4 Å². The zero-order chi connectivity index (χ0) is 13.2. The molecule has 0 radical (unpaired) electrons. The lowest BCUT2D eigenvalue weighted by Gasteiger charge is -2.14. The van der Waals surface area contributed by atoms with Gasteiger partial charge in [-0.05, 0) is 24.3 Å². The molecule has 1 unspecified atom stereocenters. The maximum Gasteiger partial charge on any atom is 0.0524 e. The highest BCUT2D eigenvalue weighted by Crippen LogP contribution is 2.27. The van der Waals surface area contributed by atoms with Crippen LogP contribution < -0.4 is 0 Å². The number of rotatable bonds is 10. The summed E-state index contributed by atoms with van der Waals surface area (Å²) in [7, 11) is 2.02. The van der Waals surface area contributed by atoms with Gasteiger partial charge in [0, 0.05) is 13.2 Å². The molecule has 0 saturated heterocycles. The highest BCUT2D eigenvalue weighted by Gasteiger charge is 2.12. The molecule has 2 nitrogen and oxygen atoms in total. The molecule has 1 aromatic rings. The Kier molecular flexibility index (Phi) is 7.79. The lowest BCUT2D eigenvalue weighted by atomic mass is 9.90. The molecule has 0 N–H and O–H groups in total. The number of hydrogen-bond acceptors (Lipinski definition) is 1. The lowest BCUT2D eigenvalue weighted by molar-refractivity contribution is 0.504. The maximum atomic E-state index is 4.32. The van der Waals surface area contributed by atoms with Crippen LogP contribution >= 0.6 is 0 Å². The zero-order valence-corrected chi connectivity index (χ0v) is 12.5. The van der Waals surface area contributed by atoms with Gasteiger partial charge in [0.25, 0.3) is 0 Å². The first-order valence-electron chi connectivity index (χ1n) is 7.76. The summed E-state index contributed by atoms with van der Waals surface area (Å²) in [5.74, 6) is 0.736. The van der Waals surface area contributed by atoms with Crippen molar-refractivity contribution in [2.75, 3.05) is 0 Å². The van der Waals surface area contributed by atoms with E-state index in [0.717, 1.165) is 5.92 Å². The van der Waals surface area contributed by atoms with Crippen LogP contribution in [0.25, 0.3) is 0 Å². The molecule has 1 rings (SSSR count). The van der Waals surface area contributed by atoms with Gasteiger partial charge in [0.05, 0.1) is 6.20 Å². The van der Waals surface area contributed by atoms with E-state index in [-0.39, 0.29) is 0 Å². The Balaban J connectivity index is 2.36. The van der Waals surface area contributed by atoms with Crippen LogP contribution in [-0.2, 0) is 7.05 Å². The topological polar surface area (TPSA) is 17.8 Å². The molecule has 18 heavy (non-hydrogen) atoms. The van der Waals surface area contributed by atoms with E-state index in [2.05, 4.69) is 31.3 Å². The zero-order valence-electron chi connectivity index (χ0n) is 12.5. The fourth-order valence-corrected chi connectivity index (χ4v) is 2.57. The summed E-state index contributed by atoms with van der Waals surface area (Å²) < 4.78 is 1.94. The predicted molar refractivity (Wildman–Crippen MR) is 78.9 cm³/mol. The summed E-state index contributed by atoms with van der Waals surface area (Å²) in [6, 6.07) is 0. The summed E-state index contributed by atoms with van der Waals surface area (Å²) in [5, 5.41) is 4.32. The Bertz CT molecular complexity index is 304. The molecule has 1 heterocycles. The molecule has 1 aromatic heterocycles. The number of aryl methyl sites for hydroxylation is 1. The molecule has 0 aromatic carbocycles. The van der Waals surface area contributed by atoms with E-state index < -0.39 is 0 Å². The van der Waals surface area contributed by atoms with E-state index in [9.17, 15) is 0 Å². The lowest BCUT2D eigenvalue weighted by Crippen LogP contribution is -1.98. The minimum atomic E-state index is 0.736. The average Bonchev–Trinajstić information content (AvgIpc) is 2.79. The summed E-state index contributed by atoms with van der Waals surface area (Å²) in [5.41, 5.74) is 1.45. The minimum Gasteiger partial charge on any atom is -0.276 e. The van der Waals surface area contributed by atoms with Crippen molar-refractivity contribution in [1.29, 1.82) is 0 Å². The second-order valence-corrected chi connectivity index (χ2v) is 5.49. The second-order valence-electron chi connectivity index (χ2n) is 5.49. The molecule has 0 saturated carbocycles. The standard InChI is InChI=1S/C16H30N2/c1-4-6-8-9-10-12-15(11-7-5-2)16-13-17-18(3)14-16/h13-15H,4-12H2,1-3H3. The van der Waals surface area contributed by atoms with Crippen molar-refractivity contribution in [3.63, 3.8) is 0 Å². The molecule has 104 valence electrons. The van der Waals surface area contributed by atoms with Crippen molar-refractivity contribution in [1.82, 2.24) is 9.78 Å². The van der Waals surface area contributed by atoms with Gasteiger partial charge in [-0.2, -0.15) is 5.10 Å². The highest BCUT2D eigenvalue weighted by molar-refractivity contribution is 5.10. The molecular formula is C16H30N2. The molecule has 1 atom stereocenters. The fraction of sp³-hybridized carbons (Fsp3) is 0.812. The van der Waals surface area contributed by atoms with Gasteiger partial charge in [-0.15, -0.1) is 0 Å². The van der Waals surface area contributed by atoms with Crippen LogP contribution in [0.2, 0.25) is 0 Å². The number of nitrogens with zero attached hydrogens (tertiary/aromatic N) is 2. The van der Waals surface area contributed by atoms with E-state index in [1.54, 1.807) is 0 Å². The molecular weight excluding hydrogens is 220 g/mol. The summed E-state index contributed by atoms with van der Waals surface area (Å²) in [6.45, 7) is 4.56. The van der Waals surface area contributed by atoms with Crippen molar-refractivity contribution in [2.24, 2.45) is 7.05 Å². The van der Waals surface area contributed by atoms with Gasteiger partial charge in [-0.3, -0.25) is 4.68 Å². The van der Waals surface area contributed by atoms with Crippen LogP contribution in [0.4, 0.5) is 0 Å². The Morgan fingerprint density at radius 2 is 1.67 bits per heavy atom. The molecule has 0 aliphatic heterocycles. The van der Waals surface area contributed by atoms with E-state index in [1.807, 2.05) is 11.7 Å². The molecule has 0 aliphatic rings. The second kappa shape index (κ2) is 9.18. The van der Waals surface area contributed by atoms with Gasteiger partial charge < -0.3 is 0 Å². The first-order chi connectivity index (χ1) is 8.77.